The Morgan fingerprint density at radius 2 is 2.12 bits per heavy atom. The molecule has 1 fully saturated rings. The van der Waals surface area contributed by atoms with Gasteiger partial charge in [-0.15, -0.1) is 0 Å². The van der Waals surface area contributed by atoms with Crippen molar-refractivity contribution >= 4 is 29.1 Å². The van der Waals surface area contributed by atoms with Crippen LogP contribution in [0.15, 0.2) is 12.1 Å². The number of piperidine rings is 1. The van der Waals surface area contributed by atoms with Crippen LogP contribution in [0.4, 0.5) is 5.69 Å². The molecule has 2 heterocycles. The van der Waals surface area contributed by atoms with Gasteiger partial charge in [-0.2, -0.15) is 0 Å². The van der Waals surface area contributed by atoms with Crippen LogP contribution >= 0.6 is 11.6 Å². The van der Waals surface area contributed by atoms with Crippen molar-refractivity contribution in [3.63, 3.8) is 0 Å². The quantitative estimate of drug-likeness (QED) is 0.590. The summed E-state index contributed by atoms with van der Waals surface area (Å²) in [5.41, 5.74) is 0.00793. The fourth-order valence-corrected chi connectivity index (χ4v) is 4.76. The molecule has 7 nitrogen and oxygen atoms in total. The van der Waals surface area contributed by atoms with Gasteiger partial charge in [0.15, 0.2) is 5.60 Å². The predicted molar refractivity (Wildman–Crippen MR) is 127 cm³/mol. The van der Waals surface area contributed by atoms with Gasteiger partial charge in [0, 0.05) is 45.0 Å². The Hall–Kier alpha value is -1.83. The summed E-state index contributed by atoms with van der Waals surface area (Å²) in [6, 6.07) is 3.56. The number of carbonyl (C=O) groups is 2. The molecule has 1 atom stereocenters. The van der Waals surface area contributed by atoms with Gasteiger partial charge < -0.3 is 24.6 Å². The molecular weight excluding hydrogens is 430 g/mol. The molecule has 1 saturated heterocycles. The molecule has 3 rings (SSSR count). The first-order valence-corrected chi connectivity index (χ1v) is 11.9. The Balaban J connectivity index is 1.96. The number of nitrogens with zero attached hydrogens (tertiary/aromatic N) is 2. The number of anilines is 1. The van der Waals surface area contributed by atoms with Crippen molar-refractivity contribution in [3.05, 3.63) is 22.7 Å². The zero-order chi connectivity index (χ0) is 23.5. The second-order valence-corrected chi connectivity index (χ2v) is 9.78. The standard InChI is InChI=1S/C24H36ClN3O4/c1-16(2)28(17-9-8-10-26-15-17)22(29)18-13-20-21(14-19(18)25)32-24(3,4)23(30)27(20)11-6-7-12-31-5/h13-14,16-17,26H,6-12,15H2,1-5H3/t17-/m1/s1. The normalized spacial score (nSPS) is 20.2. The van der Waals surface area contributed by atoms with Gasteiger partial charge in [0.1, 0.15) is 5.75 Å². The van der Waals surface area contributed by atoms with Crippen LogP contribution in [0.3, 0.4) is 0 Å². The number of hydrogen-bond donors (Lipinski definition) is 1. The second kappa shape index (κ2) is 10.4. The summed E-state index contributed by atoms with van der Waals surface area (Å²) >= 11 is 6.60. The molecule has 178 valence electrons. The molecule has 0 aliphatic carbocycles. The smallest absolute Gasteiger partial charge is 0.270 e. The van der Waals surface area contributed by atoms with Gasteiger partial charge in [-0.05, 0) is 66.0 Å². The fourth-order valence-electron chi connectivity index (χ4n) is 4.52. The molecule has 1 aromatic carbocycles. The van der Waals surface area contributed by atoms with E-state index in [1.807, 2.05) is 18.7 Å². The molecule has 8 heteroatoms. The van der Waals surface area contributed by atoms with Gasteiger partial charge in [0.25, 0.3) is 11.8 Å². The third-order valence-corrected chi connectivity index (χ3v) is 6.44. The summed E-state index contributed by atoms with van der Waals surface area (Å²) in [6.45, 7) is 10.5. The first-order valence-electron chi connectivity index (χ1n) is 11.5. The van der Waals surface area contributed by atoms with Crippen molar-refractivity contribution in [3.8, 4) is 5.75 Å². The van der Waals surface area contributed by atoms with Crippen molar-refractivity contribution < 1.29 is 19.1 Å². The number of benzene rings is 1. The molecule has 0 unspecified atom stereocenters. The SMILES string of the molecule is COCCCCN1C(=O)C(C)(C)Oc2cc(Cl)c(C(=O)N(C(C)C)[C@@H]3CCCNC3)cc21. The van der Waals surface area contributed by atoms with E-state index in [0.29, 0.717) is 35.2 Å². The number of carbonyl (C=O) groups excluding carboxylic acids is 2. The summed E-state index contributed by atoms with van der Waals surface area (Å²) in [5.74, 6) is 0.289. The maximum absolute atomic E-state index is 13.7. The summed E-state index contributed by atoms with van der Waals surface area (Å²) in [4.78, 5) is 30.5. The van der Waals surface area contributed by atoms with Crippen LogP contribution in [0, 0.1) is 0 Å². The van der Waals surface area contributed by atoms with E-state index >= 15 is 0 Å². The minimum Gasteiger partial charge on any atom is -0.476 e. The number of nitrogens with one attached hydrogen (secondary N) is 1. The topological polar surface area (TPSA) is 71.1 Å². The van der Waals surface area contributed by atoms with Gasteiger partial charge in [0.05, 0.1) is 16.3 Å². The minimum absolute atomic E-state index is 0.0291. The molecule has 2 aliphatic heterocycles. The molecule has 0 aromatic heterocycles. The Morgan fingerprint density at radius 3 is 2.75 bits per heavy atom. The fraction of sp³-hybridized carbons (Fsp3) is 0.667. The van der Waals surface area contributed by atoms with E-state index < -0.39 is 5.60 Å². The molecular formula is C24H36ClN3O4. The number of methoxy groups -OCH3 is 1. The minimum atomic E-state index is -0.999. The molecule has 1 N–H and O–H groups in total. The van der Waals surface area contributed by atoms with Crippen LogP contribution in [-0.4, -0.2) is 67.7 Å². The van der Waals surface area contributed by atoms with E-state index in [1.165, 1.54) is 0 Å². The van der Waals surface area contributed by atoms with Crippen LogP contribution < -0.4 is 15.0 Å². The van der Waals surface area contributed by atoms with E-state index in [4.69, 9.17) is 21.1 Å². The lowest BCUT2D eigenvalue weighted by Crippen LogP contribution is -2.53. The molecule has 32 heavy (non-hydrogen) atoms. The Bertz CT molecular complexity index is 837. The average Bonchev–Trinajstić information content (AvgIpc) is 2.73. The average molecular weight is 466 g/mol. The van der Waals surface area contributed by atoms with Crippen molar-refractivity contribution in [2.75, 3.05) is 38.3 Å². The van der Waals surface area contributed by atoms with Gasteiger partial charge in [-0.1, -0.05) is 11.6 Å². The molecule has 1 aromatic rings. The largest absolute Gasteiger partial charge is 0.476 e. The monoisotopic (exact) mass is 465 g/mol. The van der Waals surface area contributed by atoms with Gasteiger partial charge in [0.2, 0.25) is 0 Å². The number of amides is 2. The summed E-state index contributed by atoms with van der Waals surface area (Å²) in [7, 11) is 1.67. The number of unbranched alkanes of at least 4 members (excludes halogenated alkanes) is 1. The van der Waals surface area contributed by atoms with Crippen LogP contribution in [0.5, 0.6) is 5.75 Å². The van der Waals surface area contributed by atoms with E-state index in [0.717, 1.165) is 38.8 Å². The van der Waals surface area contributed by atoms with Gasteiger partial charge in [-0.3, -0.25) is 9.59 Å². The van der Waals surface area contributed by atoms with Crippen molar-refractivity contribution in [2.24, 2.45) is 0 Å². The number of ether oxygens (including phenoxy) is 2. The zero-order valence-electron chi connectivity index (χ0n) is 19.9. The Kier molecular flexibility index (Phi) is 8.06. The molecule has 0 radical (unpaired) electrons. The third kappa shape index (κ3) is 5.21. The molecule has 0 bridgehead atoms. The van der Waals surface area contributed by atoms with Crippen LogP contribution in [0.1, 0.15) is 63.7 Å². The van der Waals surface area contributed by atoms with Crippen molar-refractivity contribution in [2.45, 2.75) is 71.1 Å². The van der Waals surface area contributed by atoms with E-state index in [9.17, 15) is 9.59 Å². The third-order valence-electron chi connectivity index (χ3n) is 6.13. The van der Waals surface area contributed by atoms with Gasteiger partial charge in [-0.25, -0.2) is 0 Å². The molecule has 2 aliphatic rings. The summed E-state index contributed by atoms with van der Waals surface area (Å²) in [5, 5.41) is 3.73. The highest BCUT2D eigenvalue weighted by Gasteiger charge is 2.42. The molecule has 0 spiro atoms. The Morgan fingerprint density at radius 1 is 1.38 bits per heavy atom. The summed E-state index contributed by atoms with van der Waals surface area (Å²) < 4.78 is 11.1. The number of rotatable bonds is 8. The van der Waals surface area contributed by atoms with Crippen LogP contribution in [0.2, 0.25) is 5.02 Å². The maximum atomic E-state index is 13.7. The number of halogens is 1. The first kappa shape index (κ1) is 24.8. The van der Waals surface area contributed by atoms with E-state index in [-0.39, 0.29) is 23.9 Å². The molecule has 2 amide bonds. The van der Waals surface area contributed by atoms with E-state index in [2.05, 4.69) is 5.32 Å². The zero-order valence-corrected chi connectivity index (χ0v) is 20.6. The van der Waals surface area contributed by atoms with Crippen molar-refractivity contribution in [1.82, 2.24) is 10.2 Å². The van der Waals surface area contributed by atoms with Crippen LogP contribution in [-0.2, 0) is 9.53 Å². The maximum Gasteiger partial charge on any atom is 0.270 e. The lowest BCUT2D eigenvalue weighted by molar-refractivity contribution is -0.132. The van der Waals surface area contributed by atoms with Gasteiger partial charge >= 0.3 is 0 Å². The highest BCUT2D eigenvalue weighted by Crippen LogP contribution is 2.41. The Labute approximate surface area is 196 Å². The predicted octanol–water partition coefficient (Wildman–Crippen LogP) is 3.87. The highest BCUT2D eigenvalue weighted by molar-refractivity contribution is 6.34. The number of hydrogen-bond acceptors (Lipinski definition) is 5. The summed E-state index contributed by atoms with van der Waals surface area (Å²) in [6.07, 6.45) is 3.62. The number of fused-ring (bicyclic) bond motifs is 1. The van der Waals surface area contributed by atoms with Crippen LogP contribution in [0.25, 0.3) is 0 Å². The molecule has 0 saturated carbocycles. The van der Waals surface area contributed by atoms with E-state index in [1.54, 1.807) is 38.0 Å². The van der Waals surface area contributed by atoms with Crippen molar-refractivity contribution in [1.29, 1.82) is 0 Å². The lowest BCUT2D eigenvalue weighted by atomic mass is 10.00. The lowest BCUT2D eigenvalue weighted by Gasteiger charge is -2.40. The first-order chi connectivity index (χ1) is 15.2. The highest BCUT2D eigenvalue weighted by atomic mass is 35.5. The second-order valence-electron chi connectivity index (χ2n) is 9.38.